The molecule has 0 aliphatic carbocycles. The molecule has 178 valence electrons. The predicted octanol–water partition coefficient (Wildman–Crippen LogP) is 4.96. The third kappa shape index (κ3) is 6.22. The molecule has 1 N–H and O–H groups in total. The zero-order valence-electron chi connectivity index (χ0n) is 18.7. The van der Waals surface area contributed by atoms with Gasteiger partial charge in [-0.15, -0.1) is 11.8 Å². The molecule has 2 aromatic rings. The number of rotatable bonds is 7. The first-order valence-corrected chi connectivity index (χ1v) is 11.7. The Bertz CT molecular complexity index is 980. The molecule has 9 heteroatoms. The number of carbonyl (C=O) groups is 2. The van der Waals surface area contributed by atoms with Gasteiger partial charge in [0.1, 0.15) is 11.8 Å². The van der Waals surface area contributed by atoms with Crippen LogP contribution in [-0.4, -0.2) is 41.0 Å². The summed E-state index contributed by atoms with van der Waals surface area (Å²) in [6, 6.07) is 10.8. The summed E-state index contributed by atoms with van der Waals surface area (Å²) in [4.78, 5) is 28.0. The van der Waals surface area contributed by atoms with E-state index in [1.165, 1.54) is 19.2 Å². The Morgan fingerprint density at radius 2 is 1.88 bits per heavy atom. The standard InChI is InChI=1S/C24H27F3N2O3S/c1-15(2)11-21-29(23(31)17-7-9-19(32-3)10-8-17)20(14-33-21)22(30)28-13-16-5-4-6-18(12-16)24(25,26)27/h4-10,12,15,20-21H,11,13-14H2,1-3H3,(H,28,30). The summed E-state index contributed by atoms with van der Waals surface area (Å²) < 4.78 is 44.0. The number of nitrogens with zero attached hydrogens (tertiary/aromatic N) is 1. The van der Waals surface area contributed by atoms with E-state index in [4.69, 9.17) is 4.74 Å². The predicted molar refractivity (Wildman–Crippen MR) is 122 cm³/mol. The highest BCUT2D eigenvalue weighted by atomic mass is 32.2. The van der Waals surface area contributed by atoms with E-state index in [-0.39, 0.29) is 23.7 Å². The van der Waals surface area contributed by atoms with Crippen molar-refractivity contribution in [3.05, 3.63) is 65.2 Å². The van der Waals surface area contributed by atoms with Crippen LogP contribution < -0.4 is 10.1 Å². The van der Waals surface area contributed by atoms with Crippen LogP contribution in [0.25, 0.3) is 0 Å². The van der Waals surface area contributed by atoms with Crippen molar-refractivity contribution in [2.45, 2.75) is 44.4 Å². The van der Waals surface area contributed by atoms with E-state index in [9.17, 15) is 22.8 Å². The van der Waals surface area contributed by atoms with Crippen LogP contribution in [0.2, 0.25) is 0 Å². The van der Waals surface area contributed by atoms with Crippen molar-refractivity contribution >= 4 is 23.6 Å². The average molecular weight is 481 g/mol. The highest BCUT2D eigenvalue weighted by molar-refractivity contribution is 8.00. The number of hydrogen-bond acceptors (Lipinski definition) is 4. The number of carbonyl (C=O) groups excluding carboxylic acids is 2. The lowest BCUT2D eigenvalue weighted by Gasteiger charge is -2.30. The minimum atomic E-state index is -4.45. The number of alkyl halides is 3. The Morgan fingerprint density at radius 1 is 1.18 bits per heavy atom. The van der Waals surface area contributed by atoms with Gasteiger partial charge in [0.2, 0.25) is 5.91 Å². The van der Waals surface area contributed by atoms with Crippen molar-refractivity contribution in [3.63, 3.8) is 0 Å². The van der Waals surface area contributed by atoms with Crippen molar-refractivity contribution in [1.82, 2.24) is 10.2 Å². The normalized spacial score (nSPS) is 18.5. The first-order valence-electron chi connectivity index (χ1n) is 10.6. The van der Waals surface area contributed by atoms with Gasteiger partial charge < -0.3 is 15.0 Å². The summed E-state index contributed by atoms with van der Waals surface area (Å²) in [5, 5.41) is 2.55. The topological polar surface area (TPSA) is 58.6 Å². The van der Waals surface area contributed by atoms with E-state index in [1.807, 2.05) is 0 Å². The quantitative estimate of drug-likeness (QED) is 0.609. The molecule has 1 heterocycles. The largest absolute Gasteiger partial charge is 0.497 e. The van der Waals surface area contributed by atoms with Crippen LogP contribution in [0.3, 0.4) is 0 Å². The molecular weight excluding hydrogens is 453 g/mol. The Hall–Kier alpha value is -2.68. The van der Waals surface area contributed by atoms with Gasteiger partial charge in [-0.2, -0.15) is 13.2 Å². The van der Waals surface area contributed by atoms with E-state index in [0.717, 1.165) is 18.6 Å². The number of benzene rings is 2. The molecule has 0 radical (unpaired) electrons. The lowest BCUT2D eigenvalue weighted by molar-refractivity contribution is -0.137. The number of thioether (sulfide) groups is 1. The van der Waals surface area contributed by atoms with Crippen LogP contribution in [0.5, 0.6) is 5.75 Å². The van der Waals surface area contributed by atoms with Crippen molar-refractivity contribution in [2.75, 3.05) is 12.9 Å². The molecule has 0 saturated carbocycles. The van der Waals surface area contributed by atoms with Crippen molar-refractivity contribution in [2.24, 2.45) is 5.92 Å². The number of nitrogens with one attached hydrogen (secondary N) is 1. The zero-order valence-corrected chi connectivity index (χ0v) is 19.5. The summed E-state index contributed by atoms with van der Waals surface area (Å²) in [6.07, 6.45) is -3.72. The van der Waals surface area contributed by atoms with Gasteiger partial charge >= 0.3 is 6.18 Å². The van der Waals surface area contributed by atoms with Crippen LogP contribution in [0.1, 0.15) is 41.8 Å². The molecule has 0 spiro atoms. The Balaban J connectivity index is 1.76. The minimum Gasteiger partial charge on any atom is -0.497 e. The fourth-order valence-corrected chi connectivity index (χ4v) is 5.31. The van der Waals surface area contributed by atoms with Crippen molar-refractivity contribution < 1.29 is 27.5 Å². The maximum Gasteiger partial charge on any atom is 0.416 e. The van der Waals surface area contributed by atoms with Gasteiger partial charge in [-0.05, 0) is 54.3 Å². The number of methoxy groups -OCH3 is 1. The SMILES string of the molecule is COc1ccc(C(=O)N2C(CC(C)C)SCC2C(=O)NCc2cccc(C(F)(F)F)c2)cc1. The van der Waals surface area contributed by atoms with E-state index < -0.39 is 17.8 Å². The molecule has 5 nitrogen and oxygen atoms in total. The van der Waals surface area contributed by atoms with Gasteiger partial charge in [0.05, 0.1) is 18.0 Å². The number of ether oxygens (including phenoxy) is 1. The Kier molecular flexibility index (Phi) is 7.94. The number of amides is 2. The van der Waals surface area contributed by atoms with Crippen LogP contribution in [0.15, 0.2) is 48.5 Å². The fourth-order valence-electron chi connectivity index (χ4n) is 3.67. The van der Waals surface area contributed by atoms with Crippen molar-refractivity contribution in [3.8, 4) is 5.75 Å². The van der Waals surface area contributed by atoms with Gasteiger partial charge in [0, 0.05) is 17.9 Å². The zero-order chi connectivity index (χ0) is 24.2. The first-order chi connectivity index (χ1) is 15.6. The molecule has 2 amide bonds. The summed E-state index contributed by atoms with van der Waals surface area (Å²) >= 11 is 1.54. The monoisotopic (exact) mass is 480 g/mol. The molecule has 0 aromatic heterocycles. The summed E-state index contributed by atoms with van der Waals surface area (Å²) in [5.74, 6) is 0.728. The summed E-state index contributed by atoms with van der Waals surface area (Å²) in [7, 11) is 1.54. The van der Waals surface area contributed by atoms with Crippen LogP contribution in [-0.2, 0) is 17.5 Å². The third-order valence-corrected chi connectivity index (χ3v) is 6.67. The molecule has 2 aromatic carbocycles. The van der Waals surface area contributed by atoms with Crippen LogP contribution in [0.4, 0.5) is 13.2 Å². The smallest absolute Gasteiger partial charge is 0.416 e. The minimum absolute atomic E-state index is 0.0522. The average Bonchev–Trinajstić information content (AvgIpc) is 3.19. The molecule has 1 saturated heterocycles. The Morgan fingerprint density at radius 3 is 2.48 bits per heavy atom. The van der Waals surface area contributed by atoms with E-state index in [2.05, 4.69) is 19.2 Å². The molecule has 2 atom stereocenters. The van der Waals surface area contributed by atoms with Gasteiger partial charge in [0.15, 0.2) is 0 Å². The lowest BCUT2D eigenvalue weighted by Crippen LogP contribution is -2.49. The molecule has 1 aliphatic rings. The highest BCUT2D eigenvalue weighted by Gasteiger charge is 2.42. The number of hydrogen-bond donors (Lipinski definition) is 1. The second-order valence-electron chi connectivity index (χ2n) is 8.29. The van der Waals surface area contributed by atoms with E-state index >= 15 is 0 Å². The number of halogens is 3. The lowest BCUT2D eigenvalue weighted by atomic mass is 10.1. The molecule has 1 aliphatic heterocycles. The molecular formula is C24H27F3N2O3S. The molecule has 2 unspecified atom stereocenters. The van der Waals surface area contributed by atoms with Gasteiger partial charge in [-0.25, -0.2) is 0 Å². The fraction of sp³-hybridized carbons (Fsp3) is 0.417. The molecule has 3 rings (SSSR count). The third-order valence-electron chi connectivity index (χ3n) is 5.36. The first kappa shape index (κ1) is 25.0. The maximum atomic E-state index is 13.3. The second kappa shape index (κ2) is 10.5. The highest BCUT2D eigenvalue weighted by Crippen LogP contribution is 2.35. The van der Waals surface area contributed by atoms with Gasteiger partial charge in [0.25, 0.3) is 5.91 Å². The van der Waals surface area contributed by atoms with E-state index in [0.29, 0.717) is 28.5 Å². The molecule has 33 heavy (non-hydrogen) atoms. The summed E-state index contributed by atoms with van der Waals surface area (Å²) in [5.41, 5.74) is 0.0253. The van der Waals surface area contributed by atoms with Crippen LogP contribution >= 0.6 is 11.8 Å². The maximum absolute atomic E-state index is 13.3. The molecule has 1 fully saturated rings. The van der Waals surface area contributed by atoms with Gasteiger partial charge in [-0.3, -0.25) is 9.59 Å². The van der Waals surface area contributed by atoms with Gasteiger partial charge in [-0.1, -0.05) is 26.0 Å². The second-order valence-corrected chi connectivity index (χ2v) is 9.50. The summed E-state index contributed by atoms with van der Waals surface area (Å²) in [6.45, 7) is 4.05. The van der Waals surface area contributed by atoms with E-state index in [1.54, 1.807) is 40.9 Å². The van der Waals surface area contributed by atoms with Crippen LogP contribution in [0, 0.1) is 5.92 Å². The van der Waals surface area contributed by atoms with Crippen molar-refractivity contribution in [1.29, 1.82) is 0 Å². The Labute approximate surface area is 195 Å². The molecule has 0 bridgehead atoms.